The van der Waals surface area contributed by atoms with Gasteiger partial charge in [0.2, 0.25) is 0 Å². The molecule has 0 bridgehead atoms. The molecule has 0 unspecified atom stereocenters. The van der Waals surface area contributed by atoms with Crippen molar-refractivity contribution in [2.45, 2.75) is 25.3 Å². The number of hydrogen-bond acceptors (Lipinski definition) is 3. The third-order valence-electron chi connectivity index (χ3n) is 3.04. The summed E-state index contributed by atoms with van der Waals surface area (Å²) in [5.41, 5.74) is 0.990. The van der Waals surface area contributed by atoms with Gasteiger partial charge in [-0.1, -0.05) is 23.7 Å². The highest BCUT2D eigenvalue weighted by molar-refractivity contribution is 6.29. The molecule has 0 atom stereocenters. The summed E-state index contributed by atoms with van der Waals surface area (Å²) in [6.45, 7) is 0.581. The van der Waals surface area contributed by atoms with Crippen molar-refractivity contribution in [3.63, 3.8) is 0 Å². The van der Waals surface area contributed by atoms with Crippen LogP contribution in [0.3, 0.4) is 0 Å². The van der Waals surface area contributed by atoms with Crippen LogP contribution < -0.4 is 5.32 Å². The Morgan fingerprint density at radius 3 is 2.63 bits per heavy atom. The second-order valence-corrected chi connectivity index (χ2v) is 5.08. The van der Waals surface area contributed by atoms with Gasteiger partial charge in [-0.25, -0.2) is 14.4 Å². The summed E-state index contributed by atoms with van der Waals surface area (Å²) in [5.74, 6) is 1.76. The summed E-state index contributed by atoms with van der Waals surface area (Å²) in [4.78, 5) is 8.67. The minimum absolute atomic E-state index is 0.232. The van der Waals surface area contributed by atoms with E-state index in [1.165, 1.54) is 12.1 Å². The number of halogens is 2. The first-order valence-electron chi connectivity index (χ1n) is 6.23. The van der Waals surface area contributed by atoms with Crippen molar-refractivity contribution >= 4 is 17.4 Å². The molecule has 0 radical (unpaired) electrons. The molecule has 2 aromatic rings. The molecule has 1 aliphatic rings. The van der Waals surface area contributed by atoms with Crippen molar-refractivity contribution in [2.75, 3.05) is 5.32 Å². The van der Waals surface area contributed by atoms with E-state index in [4.69, 9.17) is 11.6 Å². The third kappa shape index (κ3) is 3.20. The molecular formula is C14H13ClFN3. The smallest absolute Gasteiger partial charge is 0.135 e. The lowest BCUT2D eigenvalue weighted by molar-refractivity contribution is 0.627. The van der Waals surface area contributed by atoms with Crippen LogP contribution in [0.15, 0.2) is 30.3 Å². The minimum Gasteiger partial charge on any atom is -0.366 e. The Balaban J connectivity index is 1.70. The van der Waals surface area contributed by atoms with Gasteiger partial charge in [-0.3, -0.25) is 0 Å². The monoisotopic (exact) mass is 277 g/mol. The summed E-state index contributed by atoms with van der Waals surface area (Å²) in [6.07, 6.45) is 2.27. The predicted octanol–water partition coefficient (Wildman–Crippen LogP) is 3.76. The number of nitrogens with one attached hydrogen (secondary N) is 1. The molecule has 1 aliphatic carbocycles. The van der Waals surface area contributed by atoms with Crippen LogP contribution in [0.5, 0.6) is 0 Å². The van der Waals surface area contributed by atoms with Crippen LogP contribution in [-0.2, 0) is 6.54 Å². The maximum Gasteiger partial charge on any atom is 0.135 e. The summed E-state index contributed by atoms with van der Waals surface area (Å²) in [6, 6.07) is 8.08. The number of anilines is 1. The van der Waals surface area contributed by atoms with Crippen LogP contribution in [0.1, 0.15) is 30.1 Å². The molecule has 1 aromatic carbocycles. The number of rotatable bonds is 4. The Kier molecular flexibility index (Phi) is 3.34. The van der Waals surface area contributed by atoms with Crippen LogP contribution in [-0.4, -0.2) is 9.97 Å². The Labute approximate surface area is 115 Å². The zero-order valence-corrected chi connectivity index (χ0v) is 11.0. The van der Waals surface area contributed by atoms with Crippen molar-refractivity contribution in [2.24, 2.45) is 0 Å². The summed E-state index contributed by atoms with van der Waals surface area (Å²) >= 11 is 5.98. The van der Waals surface area contributed by atoms with E-state index in [2.05, 4.69) is 15.3 Å². The fourth-order valence-corrected chi connectivity index (χ4v) is 2.03. The highest BCUT2D eigenvalue weighted by Crippen LogP contribution is 2.38. The van der Waals surface area contributed by atoms with Crippen LogP contribution in [0.2, 0.25) is 5.15 Å². The SMILES string of the molecule is Fc1ccc(CNc2cc(Cl)nc(C3CC3)n2)cc1. The maximum atomic E-state index is 12.8. The Morgan fingerprint density at radius 2 is 1.95 bits per heavy atom. The highest BCUT2D eigenvalue weighted by Gasteiger charge is 2.27. The van der Waals surface area contributed by atoms with Crippen molar-refractivity contribution < 1.29 is 4.39 Å². The fourth-order valence-electron chi connectivity index (χ4n) is 1.84. The van der Waals surface area contributed by atoms with E-state index in [-0.39, 0.29) is 5.82 Å². The molecule has 0 amide bonds. The number of aromatic nitrogens is 2. The molecule has 19 heavy (non-hydrogen) atoms. The topological polar surface area (TPSA) is 37.8 Å². The van der Waals surface area contributed by atoms with E-state index in [1.54, 1.807) is 18.2 Å². The molecule has 1 heterocycles. The number of nitrogens with zero attached hydrogens (tertiary/aromatic N) is 2. The van der Waals surface area contributed by atoms with E-state index >= 15 is 0 Å². The lowest BCUT2D eigenvalue weighted by atomic mass is 10.2. The molecule has 1 N–H and O–H groups in total. The van der Waals surface area contributed by atoms with Gasteiger partial charge < -0.3 is 5.32 Å². The molecule has 3 nitrogen and oxygen atoms in total. The van der Waals surface area contributed by atoms with E-state index in [0.29, 0.717) is 23.4 Å². The second-order valence-electron chi connectivity index (χ2n) is 4.69. The van der Waals surface area contributed by atoms with Gasteiger partial charge in [0.15, 0.2) is 0 Å². The molecule has 0 aliphatic heterocycles. The van der Waals surface area contributed by atoms with Crippen molar-refractivity contribution in [3.05, 3.63) is 52.7 Å². The normalized spacial score (nSPS) is 14.4. The van der Waals surface area contributed by atoms with E-state index in [0.717, 1.165) is 24.2 Å². The second kappa shape index (κ2) is 5.13. The molecule has 1 saturated carbocycles. The average molecular weight is 278 g/mol. The largest absolute Gasteiger partial charge is 0.366 e. The van der Waals surface area contributed by atoms with Crippen LogP contribution >= 0.6 is 11.6 Å². The molecule has 98 valence electrons. The molecule has 1 fully saturated rings. The van der Waals surface area contributed by atoms with Gasteiger partial charge >= 0.3 is 0 Å². The van der Waals surface area contributed by atoms with E-state index in [1.807, 2.05) is 0 Å². The first kappa shape index (κ1) is 12.4. The molecule has 5 heteroatoms. The van der Waals surface area contributed by atoms with Gasteiger partial charge in [0.25, 0.3) is 0 Å². The standard InChI is InChI=1S/C14H13ClFN3/c15-12-7-13(19-14(18-12)10-3-4-10)17-8-9-1-5-11(16)6-2-9/h1-2,5-7,10H,3-4,8H2,(H,17,18,19). The summed E-state index contributed by atoms with van der Waals surface area (Å²) < 4.78 is 12.8. The molecule has 3 rings (SSSR count). The van der Waals surface area contributed by atoms with Gasteiger partial charge in [0.05, 0.1) is 0 Å². The zero-order chi connectivity index (χ0) is 13.2. The van der Waals surface area contributed by atoms with Crippen LogP contribution in [0, 0.1) is 5.82 Å². The van der Waals surface area contributed by atoms with Gasteiger partial charge in [-0.15, -0.1) is 0 Å². The fraction of sp³-hybridized carbons (Fsp3) is 0.286. The quantitative estimate of drug-likeness (QED) is 0.865. The maximum absolute atomic E-state index is 12.8. The average Bonchev–Trinajstić information content (AvgIpc) is 3.22. The van der Waals surface area contributed by atoms with Crippen LogP contribution in [0.25, 0.3) is 0 Å². The zero-order valence-electron chi connectivity index (χ0n) is 10.2. The number of benzene rings is 1. The van der Waals surface area contributed by atoms with Gasteiger partial charge in [0.1, 0.15) is 22.6 Å². The molecule has 0 saturated heterocycles. The van der Waals surface area contributed by atoms with Crippen LogP contribution in [0.4, 0.5) is 10.2 Å². The van der Waals surface area contributed by atoms with E-state index < -0.39 is 0 Å². The highest BCUT2D eigenvalue weighted by atomic mass is 35.5. The summed E-state index contributed by atoms with van der Waals surface area (Å²) in [5, 5.41) is 3.64. The van der Waals surface area contributed by atoms with E-state index in [9.17, 15) is 4.39 Å². The van der Waals surface area contributed by atoms with Gasteiger partial charge in [-0.05, 0) is 30.5 Å². The van der Waals surface area contributed by atoms with Gasteiger partial charge in [-0.2, -0.15) is 0 Å². The van der Waals surface area contributed by atoms with Gasteiger partial charge in [0, 0.05) is 18.5 Å². The lowest BCUT2D eigenvalue weighted by Crippen LogP contribution is -2.04. The lowest BCUT2D eigenvalue weighted by Gasteiger charge is -2.07. The molecular weight excluding hydrogens is 265 g/mol. The Bertz CT molecular complexity index is 582. The third-order valence-corrected chi connectivity index (χ3v) is 3.24. The first-order valence-corrected chi connectivity index (χ1v) is 6.61. The predicted molar refractivity (Wildman–Crippen MR) is 72.7 cm³/mol. The molecule has 0 spiro atoms. The van der Waals surface area contributed by atoms with Crippen molar-refractivity contribution in [1.29, 1.82) is 0 Å². The number of hydrogen-bond donors (Lipinski definition) is 1. The molecule has 1 aromatic heterocycles. The Hall–Kier alpha value is -1.68. The Morgan fingerprint density at radius 1 is 1.21 bits per heavy atom. The first-order chi connectivity index (χ1) is 9.20. The van der Waals surface area contributed by atoms with Crippen molar-refractivity contribution in [3.8, 4) is 0 Å². The minimum atomic E-state index is -0.232. The van der Waals surface area contributed by atoms with Crippen molar-refractivity contribution in [1.82, 2.24) is 9.97 Å². The summed E-state index contributed by atoms with van der Waals surface area (Å²) in [7, 11) is 0.